The third-order valence-corrected chi connectivity index (χ3v) is 8.65. The highest BCUT2D eigenvalue weighted by Gasteiger charge is 2.46. The molecule has 0 saturated carbocycles. The zero-order chi connectivity index (χ0) is 21.9. The summed E-state index contributed by atoms with van der Waals surface area (Å²) in [5, 5.41) is 2.88. The number of piperidine rings is 2. The van der Waals surface area contributed by atoms with Crippen LogP contribution in [0.3, 0.4) is 0 Å². The number of amides is 1. The summed E-state index contributed by atoms with van der Waals surface area (Å²) in [4.78, 5) is 14.9. The molecule has 0 aromatic heterocycles. The molecule has 8 nitrogen and oxygen atoms in total. The van der Waals surface area contributed by atoms with Gasteiger partial charge in [0.15, 0.2) is 0 Å². The predicted molar refractivity (Wildman–Crippen MR) is 117 cm³/mol. The maximum Gasteiger partial charge on any atom is 0.243 e. The average molecular weight is 452 g/mol. The van der Waals surface area contributed by atoms with Crippen LogP contribution in [0.4, 0.5) is 5.69 Å². The Balaban J connectivity index is 1.32. The molecule has 1 aromatic rings. The third-order valence-electron chi connectivity index (χ3n) is 6.74. The fraction of sp³-hybridized carbons (Fsp3) is 0.682. The molecule has 3 fully saturated rings. The number of sulfonamides is 1. The molecule has 4 rings (SSSR count). The maximum atomic E-state index is 12.8. The Morgan fingerprint density at radius 3 is 2.52 bits per heavy atom. The molecule has 0 aliphatic carbocycles. The lowest BCUT2D eigenvalue weighted by molar-refractivity contribution is -0.145. The highest BCUT2D eigenvalue weighted by molar-refractivity contribution is 7.89. The first-order chi connectivity index (χ1) is 14.9. The number of carbonyl (C=O) groups is 1. The van der Waals surface area contributed by atoms with Crippen molar-refractivity contribution in [3.63, 3.8) is 0 Å². The normalized spacial score (nSPS) is 28.1. The number of methoxy groups -OCH3 is 1. The predicted octanol–water partition coefficient (Wildman–Crippen LogP) is 2.07. The van der Waals surface area contributed by atoms with E-state index in [1.807, 2.05) is 0 Å². The lowest BCUT2D eigenvalue weighted by Crippen LogP contribution is -2.57. The summed E-state index contributed by atoms with van der Waals surface area (Å²) in [5.41, 5.74) is 0.399. The summed E-state index contributed by atoms with van der Waals surface area (Å²) >= 11 is 0. The van der Waals surface area contributed by atoms with Crippen LogP contribution < -0.4 is 5.32 Å². The monoisotopic (exact) mass is 451 g/mol. The largest absolute Gasteiger partial charge is 0.377 e. The number of nitrogens with zero attached hydrogens (tertiary/aromatic N) is 2. The van der Waals surface area contributed by atoms with E-state index in [0.717, 1.165) is 51.7 Å². The molecule has 1 amide bonds. The van der Waals surface area contributed by atoms with Crippen molar-refractivity contribution in [3.05, 3.63) is 24.3 Å². The first-order valence-electron chi connectivity index (χ1n) is 11.2. The highest BCUT2D eigenvalue weighted by Crippen LogP contribution is 2.37. The molecular weight excluding hydrogens is 418 g/mol. The maximum absolute atomic E-state index is 12.8. The number of nitrogens with one attached hydrogen (secondary N) is 1. The van der Waals surface area contributed by atoms with E-state index in [1.54, 1.807) is 35.7 Å². The van der Waals surface area contributed by atoms with Crippen LogP contribution in [0.2, 0.25) is 0 Å². The van der Waals surface area contributed by atoms with Crippen molar-refractivity contribution in [1.29, 1.82) is 0 Å². The Morgan fingerprint density at radius 2 is 1.87 bits per heavy atom. The number of hydrogen-bond donors (Lipinski definition) is 1. The van der Waals surface area contributed by atoms with Crippen molar-refractivity contribution >= 4 is 21.6 Å². The molecule has 2 atom stereocenters. The van der Waals surface area contributed by atoms with Gasteiger partial charge in [-0.2, -0.15) is 4.31 Å². The molecule has 3 aliphatic rings. The Bertz CT molecular complexity index is 862. The second kappa shape index (κ2) is 9.54. The Morgan fingerprint density at radius 1 is 1.13 bits per heavy atom. The molecule has 31 heavy (non-hydrogen) atoms. The summed E-state index contributed by atoms with van der Waals surface area (Å²) in [6.07, 6.45) is 5.79. The highest BCUT2D eigenvalue weighted by atomic mass is 32.2. The number of benzene rings is 1. The van der Waals surface area contributed by atoms with E-state index >= 15 is 0 Å². The summed E-state index contributed by atoms with van der Waals surface area (Å²) in [5.74, 6) is -0.121. The summed E-state index contributed by atoms with van der Waals surface area (Å²) < 4.78 is 38.8. The number of likely N-dealkylation sites (tertiary alicyclic amines) is 1. The van der Waals surface area contributed by atoms with Gasteiger partial charge in [0.1, 0.15) is 0 Å². The second-order valence-electron chi connectivity index (χ2n) is 8.76. The van der Waals surface area contributed by atoms with Gasteiger partial charge in [-0.05, 0) is 56.4 Å². The van der Waals surface area contributed by atoms with E-state index in [1.165, 1.54) is 0 Å². The minimum atomic E-state index is -3.46. The van der Waals surface area contributed by atoms with Gasteiger partial charge >= 0.3 is 0 Å². The van der Waals surface area contributed by atoms with Crippen molar-refractivity contribution in [1.82, 2.24) is 9.21 Å². The smallest absolute Gasteiger partial charge is 0.243 e. The minimum absolute atomic E-state index is 0.0316. The van der Waals surface area contributed by atoms with Gasteiger partial charge in [-0.25, -0.2) is 8.42 Å². The average Bonchev–Trinajstić information content (AvgIpc) is 3.25. The standard InChI is InChI=1S/C22H33N3O5S/c1-29-20-16-24(14-11-22(20)10-5-15-30-22)17-21(26)23-18-6-8-19(9-7-18)31(27,28)25-12-3-2-4-13-25/h6-9,20H,2-5,10-17H2,1H3,(H,23,26)/t20-,22-/m1/s1. The van der Waals surface area contributed by atoms with E-state index in [4.69, 9.17) is 9.47 Å². The molecule has 0 bridgehead atoms. The first-order valence-corrected chi connectivity index (χ1v) is 12.7. The van der Waals surface area contributed by atoms with Gasteiger partial charge in [0.2, 0.25) is 15.9 Å². The van der Waals surface area contributed by atoms with E-state index in [9.17, 15) is 13.2 Å². The van der Waals surface area contributed by atoms with Crippen molar-refractivity contribution in [3.8, 4) is 0 Å². The van der Waals surface area contributed by atoms with Gasteiger partial charge in [-0.1, -0.05) is 6.42 Å². The van der Waals surface area contributed by atoms with Crippen LogP contribution >= 0.6 is 0 Å². The van der Waals surface area contributed by atoms with Crippen molar-refractivity contribution in [2.75, 3.05) is 51.8 Å². The van der Waals surface area contributed by atoms with Crippen LogP contribution in [0.25, 0.3) is 0 Å². The lowest BCUT2D eigenvalue weighted by atomic mass is 9.86. The number of rotatable bonds is 6. The van der Waals surface area contributed by atoms with E-state index in [0.29, 0.717) is 25.3 Å². The van der Waals surface area contributed by atoms with Crippen molar-refractivity contribution in [2.45, 2.75) is 55.1 Å². The molecule has 1 spiro atoms. The van der Waals surface area contributed by atoms with E-state index in [-0.39, 0.29) is 29.1 Å². The van der Waals surface area contributed by atoms with Gasteiger partial charge in [-0.15, -0.1) is 0 Å². The second-order valence-corrected chi connectivity index (χ2v) is 10.7. The van der Waals surface area contributed by atoms with Gasteiger partial charge in [0.25, 0.3) is 0 Å². The van der Waals surface area contributed by atoms with E-state index in [2.05, 4.69) is 10.2 Å². The van der Waals surface area contributed by atoms with Crippen LogP contribution in [0.15, 0.2) is 29.2 Å². The Kier molecular flexibility index (Phi) is 6.98. The fourth-order valence-corrected chi connectivity index (χ4v) is 6.49. The van der Waals surface area contributed by atoms with Crippen LogP contribution in [0.5, 0.6) is 0 Å². The molecule has 172 valence electrons. The van der Waals surface area contributed by atoms with Gasteiger partial charge < -0.3 is 14.8 Å². The van der Waals surface area contributed by atoms with Gasteiger partial charge in [0.05, 0.1) is 23.1 Å². The van der Waals surface area contributed by atoms with Crippen LogP contribution in [0.1, 0.15) is 38.5 Å². The molecular formula is C22H33N3O5S. The zero-order valence-corrected chi connectivity index (χ0v) is 19.0. The summed E-state index contributed by atoms with van der Waals surface area (Å²) in [7, 11) is -1.76. The lowest BCUT2D eigenvalue weighted by Gasteiger charge is -2.44. The number of hydrogen-bond acceptors (Lipinski definition) is 6. The van der Waals surface area contributed by atoms with Gasteiger partial charge in [0, 0.05) is 45.6 Å². The first kappa shape index (κ1) is 22.7. The quantitative estimate of drug-likeness (QED) is 0.712. The summed E-state index contributed by atoms with van der Waals surface area (Å²) in [6, 6.07) is 6.46. The Labute approximate surface area is 184 Å². The number of ether oxygens (including phenoxy) is 2. The van der Waals surface area contributed by atoms with E-state index < -0.39 is 10.0 Å². The molecule has 1 aromatic carbocycles. The number of anilines is 1. The molecule has 3 saturated heterocycles. The summed E-state index contributed by atoms with van der Waals surface area (Å²) in [6.45, 7) is 3.65. The topological polar surface area (TPSA) is 88.2 Å². The van der Waals surface area contributed by atoms with Crippen molar-refractivity contribution < 1.29 is 22.7 Å². The zero-order valence-electron chi connectivity index (χ0n) is 18.2. The molecule has 3 aliphatic heterocycles. The van der Waals surface area contributed by atoms with Crippen molar-refractivity contribution in [2.24, 2.45) is 0 Å². The molecule has 0 radical (unpaired) electrons. The molecule has 9 heteroatoms. The third kappa shape index (κ3) is 4.96. The van der Waals surface area contributed by atoms with Crippen LogP contribution in [-0.4, -0.2) is 81.7 Å². The fourth-order valence-electron chi connectivity index (χ4n) is 4.97. The van der Waals surface area contributed by atoms with Crippen LogP contribution in [-0.2, 0) is 24.3 Å². The molecule has 3 heterocycles. The SMILES string of the molecule is CO[C@@H]1CN(CC(=O)Nc2ccc(S(=O)(=O)N3CCCCC3)cc2)CC[C@]12CCCO2. The minimum Gasteiger partial charge on any atom is -0.377 e. The Hall–Kier alpha value is -1.52. The number of carbonyl (C=O) groups excluding carboxylic acids is 1. The van der Waals surface area contributed by atoms with Gasteiger partial charge in [-0.3, -0.25) is 9.69 Å². The molecule has 0 unspecified atom stereocenters. The van der Waals surface area contributed by atoms with Crippen LogP contribution in [0, 0.1) is 0 Å². The molecule has 1 N–H and O–H groups in total.